The minimum atomic E-state index is -0.791. The molecule has 0 bridgehead atoms. The molecule has 1 aromatic carbocycles. The van der Waals surface area contributed by atoms with Gasteiger partial charge in [0.15, 0.2) is 5.58 Å². The number of hydrogen-bond donors (Lipinski definition) is 1. The number of nitrogens with zero attached hydrogens (tertiary/aromatic N) is 2. The normalized spacial score (nSPS) is 16.3. The molecule has 0 unspecified atom stereocenters. The van der Waals surface area contributed by atoms with E-state index < -0.39 is 11.8 Å². The average molecular weight is 311 g/mol. The Kier molecular flexibility index (Phi) is 3.11. The number of benzene rings is 1. The van der Waals surface area contributed by atoms with E-state index in [2.05, 4.69) is 10.3 Å². The summed E-state index contributed by atoms with van der Waals surface area (Å²) in [5.41, 5.74) is 2.72. The Morgan fingerprint density at radius 2 is 2.17 bits per heavy atom. The van der Waals surface area contributed by atoms with E-state index in [-0.39, 0.29) is 17.3 Å². The van der Waals surface area contributed by atoms with Crippen molar-refractivity contribution >= 4 is 17.3 Å². The fourth-order valence-corrected chi connectivity index (χ4v) is 2.88. The van der Waals surface area contributed by atoms with E-state index in [1.165, 1.54) is 11.8 Å². The molecule has 4 rings (SSSR count). The van der Waals surface area contributed by atoms with E-state index >= 15 is 0 Å². The van der Waals surface area contributed by atoms with Gasteiger partial charge in [0.05, 0.1) is 6.04 Å². The lowest BCUT2D eigenvalue weighted by atomic mass is 10.1. The Hall–Kier alpha value is -3.09. The van der Waals surface area contributed by atoms with Crippen LogP contribution in [0, 0.1) is 0 Å². The minimum Gasteiger partial charge on any atom is -0.404 e. The first-order valence-corrected chi connectivity index (χ1v) is 7.25. The van der Waals surface area contributed by atoms with Crippen LogP contribution in [0.15, 0.2) is 51.8 Å². The predicted molar refractivity (Wildman–Crippen MR) is 80.9 cm³/mol. The number of rotatable bonds is 2. The summed E-state index contributed by atoms with van der Waals surface area (Å²) >= 11 is 0. The van der Waals surface area contributed by atoms with Gasteiger partial charge in [-0.1, -0.05) is 29.0 Å². The Balaban J connectivity index is 1.55. The number of aromatic nitrogens is 2. The van der Waals surface area contributed by atoms with Crippen LogP contribution in [0.5, 0.6) is 0 Å². The lowest BCUT2D eigenvalue weighted by Crippen LogP contribution is -2.37. The first-order valence-electron chi connectivity index (χ1n) is 7.25. The number of carbonyl (C=O) groups is 1. The number of oxazole rings is 1. The Labute approximate surface area is 130 Å². The minimum absolute atomic E-state index is 0.125. The van der Waals surface area contributed by atoms with E-state index in [1.54, 1.807) is 12.1 Å². The van der Waals surface area contributed by atoms with Crippen LogP contribution >= 0.6 is 0 Å². The molecule has 0 spiro atoms. The van der Waals surface area contributed by atoms with Crippen LogP contribution in [0.25, 0.3) is 11.2 Å². The Bertz CT molecular complexity index is 944. The molecule has 1 amide bonds. The van der Waals surface area contributed by atoms with Crippen molar-refractivity contribution < 1.29 is 14.0 Å². The average Bonchev–Trinajstić information content (AvgIpc) is 3.10. The van der Waals surface area contributed by atoms with Gasteiger partial charge in [0, 0.05) is 6.20 Å². The number of pyridine rings is 1. The van der Waals surface area contributed by atoms with Crippen molar-refractivity contribution in [3.05, 3.63) is 64.3 Å². The van der Waals surface area contributed by atoms with Crippen LogP contribution in [-0.2, 0) is 6.42 Å². The summed E-state index contributed by atoms with van der Waals surface area (Å²) < 4.78 is 5.72. The molecule has 116 valence electrons. The van der Waals surface area contributed by atoms with Crippen LogP contribution in [-0.4, -0.2) is 15.8 Å². The van der Waals surface area contributed by atoms with Crippen LogP contribution in [0.1, 0.15) is 23.6 Å². The lowest BCUT2D eigenvalue weighted by Gasteiger charge is -2.13. The summed E-state index contributed by atoms with van der Waals surface area (Å²) in [5.74, 6) is -0.791. The number of carbonyl (C=O) groups excluding carboxylic acids is 1. The summed E-state index contributed by atoms with van der Waals surface area (Å²) in [7, 11) is 0. The van der Waals surface area contributed by atoms with Gasteiger partial charge >= 0.3 is 11.8 Å². The predicted octanol–water partition coefficient (Wildman–Crippen LogP) is 1.82. The third-order valence-electron chi connectivity index (χ3n) is 3.91. The second-order valence-electron chi connectivity index (χ2n) is 5.30. The van der Waals surface area contributed by atoms with Gasteiger partial charge in [-0.2, -0.15) is 0 Å². The van der Waals surface area contributed by atoms with Gasteiger partial charge in [0.25, 0.3) is 0 Å². The largest absolute Gasteiger partial charge is 0.455 e. The first kappa shape index (κ1) is 13.6. The van der Waals surface area contributed by atoms with E-state index in [0.717, 1.165) is 23.1 Å². The standard InChI is InChI=1S/C16H13N3O4/c20-15(18-12-8-7-10-4-1-2-5-11(10)12)23-19-14-13(22-16(19)21)6-3-9-17-14/h1-6,9,12H,7-8H2,(H,18,20)/t12-/m0/s1. The molecule has 0 fully saturated rings. The summed E-state index contributed by atoms with van der Waals surface area (Å²) in [6.45, 7) is 0. The summed E-state index contributed by atoms with van der Waals surface area (Å²) in [4.78, 5) is 32.9. The third kappa shape index (κ3) is 2.36. The molecule has 1 aliphatic rings. The molecule has 2 heterocycles. The SMILES string of the molecule is O=C(N[C@H]1CCc2ccccc21)On1c(=O)oc2cccnc21. The highest BCUT2D eigenvalue weighted by atomic mass is 16.7. The quantitative estimate of drug-likeness (QED) is 0.780. The van der Waals surface area contributed by atoms with Gasteiger partial charge in [-0.05, 0) is 36.1 Å². The molecule has 23 heavy (non-hydrogen) atoms. The maximum absolute atomic E-state index is 12.1. The molecule has 7 heteroatoms. The molecule has 3 aromatic rings. The Morgan fingerprint density at radius 3 is 3.09 bits per heavy atom. The van der Waals surface area contributed by atoms with Crippen LogP contribution in [0.4, 0.5) is 4.79 Å². The van der Waals surface area contributed by atoms with Gasteiger partial charge in [-0.3, -0.25) is 0 Å². The van der Waals surface area contributed by atoms with Gasteiger partial charge < -0.3 is 14.6 Å². The zero-order chi connectivity index (χ0) is 15.8. The van der Waals surface area contributed by atoms with Gasteiger partial charge in [-0.15, -0.1) is 0 Å². The molecule has 7 nitrogen and oxygen atoms in total. The fraction of sp³-hybridized carbons (Fsp3) is 0.188. The topological polar surface area (TPSA) is 86.4 Å². The molecular formula is C16H13N3O4. The van der Waals surface area contributed by atoms with Crippen molar-refractivity contribution in [1.82, 2.24) is 15.0 Å². The zero-order valence-corrected chi connectivity index (χ0v) is 12.1. The highest BCUT2D eigenvalue weighted by Crippen LogP contribution is 2.30. The number of fused-ring (bicyclic) bond motifs is 2. The molecule has 0 saturated carbocycles. The highest BCUT2D eigenvalue weighted by Gasteiger charge is 2.25. The van der Waals surface area contributed by atoms with Crippen LogP contribution in [0.2, 0.25) is 0 Å². The van der Waals surface area contributed by atoms with Crippen molar-refractivity contribution in [3.8, 4) is 0 Å². The van der Waals surface area contributed by atoms with E-state index in [9.17, 15) is 9.59 Å². The smallest absolute Gasteiger partial charge is 0.404 e. The second kappa shape index (κ2) is 5.28. The van der Waals surface area contributed by atoms with Crippen molar-refractivity contribution in [2.24, 2.45) is 0 Å². The summed E-state index contributed by atoms with van der Waals surface area (Å²) in [6, 6.07) is 11.0. The number of hydrogen-bond acceptors (Lipinski definition) is 5. The Morgan fingerprint density at radius 1 is 1.30 bits per heavy atom. The maximum Gasteiger partial charge on any atom is 0.455 e. The molecule has 1 N–H and O–H groups in total. The maximum atomic E-state index is 12.1. The highest BCUT2D eigenvalue weighted by molar-refractivity contribution is 5.71. The van der Waals surface area contributed by atoms with Crippen molar-refractivity contribution in [3.63, 3.8) is 0 Å². The second-order valence-corrected chi connectivity index (χ2v) is 5.30. The van der Waals surface area contributed by atoms with Crippen molar-refractivity contribution in [1.29, 1.82) is 0 Å². The van der Waals surface area contributed by atoms with Gasteiger partial charge in [0.1, 0.15) is 0 Å². The summed E-state index contributed by atoms with van der Waals surface area (Å²) in [5, 5.41) is 2.77. The van der Waals surface area contributed by atoms with Gasteiger partial charge in [-0.25, -0.2) is 14.6 Å². The first-order chi connectivity index (χ1) is 11.2. The number of amides is 1. The van der Waals surface area contributed by atoms with E-state index in [4.69, 9.17) is 9.25 Å². The van der Waals surface area contributed by atoms with Gasteiger partial charge in [0.2, 0.25) is 5.65 Å². The molecular weight excluding hydrogens is 298 g/mol. The monoisotopic (exact) mass is 311 g/mol. The molecule has 0 radical (unpaired) electrons. The molecule has 0 saturated heterocycles. The lowest BCUT2D eigenvalue weighted by molar-refractivity contribution is 0.123. The summed E-state index contributed by atoms with van der Waals surface area (Å²) in [6.07, 6.45) is 2.47. The van der Waals surface area contributed by atoms with E-state index in [1.807, 2.05) is 24.3 Å². The molecule has 1 atom stereocenters. The fourth-order valence-electron chi connectivity index (χ4n) is 2.88. The zero-order valence-electron chi connectivity index (χ0n) is 12.1. The number of nitrogens with one attached hydrogen (secondary N) is 1. The van der Waals surface area contributed by atoms with Crippen LogP contribution < -0.4 is 15.9 Å². The molecule has 1 aliphatic carbocycles. The third-order valence-corrected chi connectivity index (χ3v) is 3.91. The molecule has 0 aliphatic heterocycles. The van der Waals surface area contributed by atoms with Crippen molar-refractivity contribution in [2.45, 2.75) is 18.9 Å². The van der Waals surface area contributed by atoms with E-state index in [0.29, 0.717) is 0 Å². The van der Waals surface area contributed by atoms with Crippen LogP contribution in [0.3, 0.4) is 0 Å². The van der Waals surface area contributed by atoms with Crippen molar-refractivity contribution in [2.75, 3.05) is 0 Å². The number of aryl methyl sites for hydroxylation is 1. The molecule has 2 aromatic heterocycles.